The van der Waals surface area contributed by atoms with E-state index < -0.39 is 17.1 Å². The van der Waals surface area contributed by atoms with Gasteiger partial charge in [-0.2, -0.15) is 13.2 Å². The Morgan fingerprint density at radius 2 is 1.67 bits per heavy atom. The van der Waals surface area contributed by atoms with Gasteiger partial charge in [0, 0.05) is 0 Å². The van der Waals surface area contributed by atoms with Crippen LogP contribution in [0.1, 0.15) is 27.6 Å². The molecule has 0 aromatic heterocycles. The summed E-state index contributed by atoms with van der Waals surface area (Å²) >= 11 is 6.38. The Morgan fingerprint density at radius 3 is 2.14 bits per heavy atom. The second kappa shape index (κ2) is 5.98. The van der Waals surface area contributed by atoms with Gasteiger partial charge in [-0.1, -0.05) is 18.2 Å². The van der Waals surface area contributed by atoms with Gasteiger partial charge >= 0.3 is 6.18 Å². The van der Waals surface area contributed by atoms with E-state index in [1.54, 1.807) is 13.2 Å². The summed E-state index contributed by atoms with van der Waals surface area (Å²) in [6.45, 7) is 1.89. The average molecular weight is 315 g/mol. The summed E-state index contributed by atoms with van der Waals surface area (Å²) in [5, 5.41) is -0.502. The standard InChI is InChI=1S/C16H14ClF3O/c1-10-9-13(21-2)7-8-14(10)15(17)11-3-5-12(6-4-11)16(18,19)20/h3-9,15H,1-2H3. The molecule has 0 heterocycles. The predicted molar refractivity (Wildman–Crippen MR) is 76.9 cm³/mol. The number of ether oxygens (including phenoxy) is 1. The van der Waals surface area contributed by atoms with Crippen molar-refractivity contribution >= 4 is 11.6 Å². The van der Waals surface area contributed by atoms with E-state index in [0.717, 1.165) is 23.3 Å². The van der Waals surface area contributed by atoms with Crippen molar-refractivity contribution in [2.24, 2.45) is 0 Å². The fourth-order valence-corrected chi connectivity index (χ4v) is 2.47. The third kappa shape index (κ3) is 3.50. The highest BCUT2D eigenvalue weighted by atomic mass is 35.5. The van der Waals surface area contributed by atoms with E-state index in [1.165, 1.54) is 12.1 Å². The summed E-state index contributed by atoms with van der Waals surface area (Å²) in [6, 6.07) is 10.3. The van der Waals surface area contributed by atoms with E-state index in [9.17, 15) is 13.2 Å². The van der Waals surface area contributed by atoms with E-state index >= 15 is 0 Å². The van der Waals surface area contributed by atoms with Gasteiger partial charge in [-0.15, -0.1) is 11.6 Å². The maximum absolute atomic E-state index is 12.5. The van der Waals surface area contributed by atoms with E-state index in [4.69, 9.17) is 16.3 Å². The highest BCUT2D eigenvalue weighted by Gasteiger charge is 2.30. The first-order chi connectivity index (χ1) is 9.82. The molecule has 21 heavy (non-hydrogen) atoms. The molecular weight excluding hydrogens is 301 g/mol. The lowest BCUT2D eigenvalue weighted by atomic mass is 9.99. The summed E-state index contributed by atoms with van der Waals surface area (Å²) in [5.74, 6) is 0.715. The molecule has 5 heteroatoms. The van der Waals surface area contributed by atoms with Crippen LogP contribution in [0, 0.1) is 6.92 Å². The molecule has 1 atom stereocenters. The SMILES string of the molecule is COc1ccc(C(Cl)c2ccc(C(F)(F)F)cc2)c(C)c1. The Balaban J connectivity index is 2.30. The topological polar surface area (TPSA) is 9.23 Å². The Hall–Kier alpha value is -1.68. The molecule has 0 bridgehead atoms. The number of alkyl halides is 4. The van der Waals surface area contributed by atoms with Gasteiger partial charge in [0.1, 0.15) is 5.75 Å². The third-order valence-electron chi connectivity index (χ3n) is 3.28. The van der Waals surface area contributed by atoms with Crippen LogP contribution >= 0.6 is 11.6 Å². The minimum absolute atomic E-state index is 0.502. The number of hydrogen-bond donors (Lipinski definition) is 0. The van der Waals surface area contributed by atoms with Crippen LogP contribution in [0.2, 0.25) is 0 Å². The molecule has 0 aliphatic heterocycles. The largest absolute Gasteiger partial charge is 0.497 e. The number of hydrogen-bond acceptors (Lipinski definition) is 1. The van der Waals surface area contributed by atoms with E-state index in [2.05, 4.69) is 0 Å². The molecule has 0 aliphatic carbocycles. The third-order valence-corrected chi connectivity index (χ3v) is 3.77. The Kier molecular flexibility index (Phi) is 4.47. The second-order valence-corrected chi connectivity index (χ2v) is 5.14. The first-order valence-electron chi connectivity index (χ1n) is 6.28. The fourth-order valence-electron chi connectivity index (χ4n) is 2.08. The Labute approximate surface area is 126 Å². The van der Waals surface area contributed by atoms with Crippen LogP contribution in [0.25, 0.3) is 0 Å². The first-order valence-corrected chi connectivity index (χ1v) is 6.72. The molecule has 0 saturated carbocycles. The van der Waals surface area contributed by atoms with Gasteiger partial charge in [-0.05, 0) is 47.9 Å². The monoisotopic (exact) mass is 314 g/mol. The van der Waals surface area contributed by atoms with E-state index in [-0.39, 0.29) is 0 Å². The van der Waals surface area contributed by atoms with Gasteiger partial charge in [0.25, 0.3) is 0 Å². The van der Waals surface area contributed by atoms with Crippen LogP contribution in [0.15, 0.2) is 42.5 Å². The maximum Gasteiger partial charge on any atom is 0.416 e. The number of aryl methyl sites for hydroxylation is 1. The molecule has 2 aromatic carbocycles. The van der Waals surface area contributed by atoms with Crippen LogP contribution in [-0.4, -0.2) is 7.11 Å². The van der Waals surface area contributed by atoms with Gasteiger partial charge in [-0.3, -0.25) is 0 Å². The molecule has 112 valence electrons. The fraction of sp³-hybridized carbons (Fsp3) is 0.250. The van der Waals surface area contributed by atoms with Crippen molar-refractivity contribution in [2.45, 2.75) is 18.5 Å². The zero-order valence-electron chi connectivity index (χ0n) is 11.5. The zero-order valence-corrected chi connectivity index (χ0v) is 12.3. The number of rotatable bonds is 3. The van der Waals surface area contributed by atoms with E-state index in [1.807, 2.05) is 19.1 Å². The lowest BCUT2D eigenvalue weighted by Crippen LogP contribution is -2.05. The van der Waals surface area contributed by atoms with Crippen LogP contribution < -0.4 is 4.74 Å². The minimum atomic E-state index is -4.34. The van der Waals surface area contributed by atoms with Crippen LogP contribution in [0.3, 0.4) is 0 Å². The summed E-state index contributed by atoms with van der Waals surface area (Å²) in [6.07, 6.45) is -4.34. The highest BCUT2D eigenvalue weighted by Crippen LogP contribution is 2.35. The number of benzene rings is 2. The number of methoxy groups -OCH3 is 1. The Morgan fingerprint density at radius 1 is 1.05 bits per heavy atom. The van der Waals surface area contributed by atoms with Gasteiger partial charge in [-0.25, -0.2) is 0 Å². The summed E-state index contributed by atoms with van der Waals surface area (Å²) in [4.78, 5) is 0. The molecule has 0 saturated heterocycles. The van der Waals surface area contributed by atoms with Crippen LogP contribution in [0.4, 0.5) is 13.2 Å². The highest BCUT2D eigenvalue weighted by molar-refractivity contribution is 6.22. The molecule has 0 radical (unpaired) electrons. The van der Waals surface area contributed by atoms with E-state index in [0.29, 0.717) is 11.3 Å². The van der Waals surface area contributed by atoms with Crippen LogP contribution in [-0.2, 0) is 6.18 Å². The van der Waals surface area contributed by atoms with Gasteiger partial charge in [0.2, 0.25) is 0 Å². The summed E-state index contributed by atoms with van der Waals surface area (Å²) < 4.78 is 42.8. The Bertz CT molecular complexity index is 620. The van der Waals surface area contributed by atoms with Crippen molar-refractivity contribution in [2.75, 3.05) is 7.11 Å². The molecule has 0 fully saturated rings. The van der Waals surface area contributed by atoms with Crippen LogP contribution in [0.5, 0.6) is 5.75 Å². The smallest absolute Gasteiger partial charge is 0.416 e. The first kappa shape index (κ1) is 15.7. The predicted octanol–water partition coefficient (Wildman–Crippen LogP) is 5.35. The average Bonchev–Trinajstić information content (AvgIpc) is 2.45. The molecule has 0 N–H and O–H groups in total. The van der Waals surface area contributed by atoms with Crippen molar-refractivity contribution in [3.63, 3.8) is 0 Å². The molecule has 0 spiro atoms. The van der Waals surface area contributed by atoms with Gasteiger partial charge in [0.15, 0.2) is 0 Å². The van der Waals surface area contributed by atoms with Crippen molar-refractivity contribution in [1.82, 2.24) is 0 Å². The molecular formula is C16H14ClF3O. The van der Waals surface area contributed by atoms with Crippen molar-refractivity contribution in [3.05, 3.63) is 64.7 Å². The number of halogens is 4. The zero-order chi connectivity index (χ0) is 15.6. The minimum Gasteiger partial charge on any atom is -0.497 e. The molecule has 0 aliphatic rings. The van der Waals surface area contributed by atoms with Gasteiger partial charge < -0.3 is 4.74 Å². The molecule has 2 aromatic rings. The quantitative estimate of drug-likeness (QED) is 0.694. The lowest BCUT2D eigenvalue weighted by molar-refractivity contribution is -0.137. The molecule has 1 nitrogen and oxygen atoms in total. The normalized spacial score (nSPS) is 13.0. The lowest BCUT2D eigenvalue weighted by Gasteiger charge is -2.15. The molecule has 2 rings (SSSR count). The van der Waals surface area contributed by atoms with Crippen molar-refractivity contribution < 1.29 is 17.9 Å². The van der Waals surface area contributed by atoms with Crippen molar-refractivity contribution in [3.8, 4) is 5.75 Å². The second-order valence-electron chi connectivity index (χ2n) is 4.70. The summed E-state index contributed by atoms with van der Waals surface area (Å²) in [5.41, 5.74) is 1.71. The van der Waals surface area contributed by atoms with Gasteiger partial charge in [0.05, 0.1) is 18.1 Å². The summed E-state index contributed by atoms with van der Waals surface area (Å²) in [7, 11) is 1.57. The maximum atomic E-state index is 12.5. The van der Waals surface area contributed by atoms with Crippen molar-refractivity contribution in [1.29, 1.82) is 0 Å². The molecule has 0 amide bonds. The molecule has 1 unspecified atom stereocenters.